The molecule has 0 atom stereocenters. The van der Waals surface area contributed by atoms with Crippen LogP contribution in [-0.2, 0) is 0 Å². The number of hydrogen-bond donors (Lipinski definition) is 1. The van der Waals surface area contributed by atoms with Crippen molar-refractivity contribution in [2.45, 2.75) is 6.92 Å². The van der Waals surface area contributed by atoms with E-state index in [0.29, 0.717) is 0 Å². The molecule has 0 spiro atoms. The third-order valence-electron chi connectivity index (χ3n) is 1.81. The first-order valence-electron chi connectivity index (χ1n) is 3.93. The smallest absolute Gasteiger partial charge is 0.138 e. The molecule has 4 heteroatoms. The van der Waals surface area contributed by atoms with E-state index < -0.39 is 0 Å². The van der Waals surface area contributed by atoms with Crippen molar-refractivity contribution in [2.24, 2.45) is 0 Å². The number of rotatable bonds is 1. The Kier molecular flexibility index (Phi) is 1.73. The molecule has 2 aromatic rings. The van der Waals surface area contributed by atoms with Gasteiger partial charge in [-0.25, -0.2) is 9.67 Å². The molecule has 0 fully saturated rings. The lowest BCUT2D eigenvalue weighted by molar-refractivity contribution is 0.475. The van der Waals surface area contributed by atoms with Gasteiger partial charge in [0.05, 0.1) is 5.69 Å². The van der Waals surface area contributed by atoms with Crippen molar-refractivity contribution in [1.82, 2.24) is 14.8 Å². The molecule has 0 saturated heterocycles. The molecular formula is C9H9N3O. The second-order valence-electron chi connectivity index (χ2n) is 2.74. The molecular weight excluding hydrogens is 166 g/mol. The van der Waals surface area contributed by atoms with Gasteiger partial charge in [-0.3, -0.25) is 0 Å². The van der Waals surface area contributed by atoms with E-state index in [1.165, 1.54) is 6.33 Å². The quantitative estimate of drug-likeness (QED) is 0.710. The molecule has 0 aliphatic rings. The molecule has 66 valence electrons. The molecule has 0 amide bonds. The Bertz CT molecular complexity index is 405. The average molecular weight is 175 g/mol. The van der Waals surface area contributed by atoms with Gasteiger partial charge in [-0.1, -0.05) is 0 Å². The van der Waals surface area contributed by atoms with Crippen LogP contribution in [0.5, 0.6) is 5.75 Å². The maximum atomic E-state index is 9.08. The molecule has 0 aliphatic carbocycles. The maximum Gasteiger partial charge on any atom is 0.138 e. The Morgan fingerprint density at radius 3 is 2.46 bits per heavy atom. The van der Waals surface area contributed by atoms with Gasteiger partial charge >= 0.3 is 0 Å². The third kappa shape index (κ3) is 1.38. The fourth-order valence-corrected chi connectivity index (χ4v) is 1.15. The zero-order chi connectivity index (χ0) is 9.26. The minimum atomic E-state index is 0.251. The van der Waals surface area contributed by atoms with Crippen molar-refractivity contribution in [3.8, 4) is 11.4 Å². The Labute approximate surface area is 75.5 Å². The van der Waals surface area contributed by atoms with E-state index in [-0.39, 0.29) is 5.75 Å². The Balaban J connectivity index is 2.47. The SMILES string of the molecule is Cc1ncnn1-c1ccc(O)cc1. The highest BCUT2D eigenvalue weighted by Crippen LogP contribution is 2.13. The van der Waals surface area contributed by atoms with Crippen LogP contribution in [0.2, 0.25) is 0 Å². The number of aromatic nitrogens is 3. The molecule has 0 unspecified atom stereocenters. The van der Waals surface area contributed by atoms with Crippen LogP contribution in [0.1, 0.15) is 5.82 Å². The van der Waals surface area contributed by atoms with Crippen LogP contribution in [-0.4, -0.2) is 19.9 Å². The summed E-state index contributed by atoms with van der Waals surface area (Å²) in [6.45, 7) is 1.87. The molecule has 1 aromatic heterocycles. The highest BCUT2D eigenvalue weighted by Gasteiger charge is 2.00. The highest BCUT2D eigenvalue weighted by molar-refractivity contribution is 5.36. The monoisotopic (exact) mass is 175 g/mol. The standard InChI is InChI=1S/C9H9N3O/c1-7-10-6-11-12(7)8-2-4-9(13)5-3-8/h2-6,13H,1H3. The first-order chi connectivity index (χ1) is 6.27. The van der Waals surface area contributed by atoms with E-state index in [1.54, 1.807) is 28.9 Å². The van der Waals surface area contributed by atoms with Crippen molar-refractivity contribution in [1.29, 1.82) is 0 Å². The van der Waals surface area contributed by atoms with Crippen molar-refractivity contribution in [3.63, 3.8) is 0 Å². The van der Waals surface area contributed by atoms with Gasteiger partial charge in [0.1, 0.15) is 17.9 Å². The van der Waals surface area contributed by atoms with E-state index in [9.17, 15) is 0 Å². The Morgan fingerprint density at radius 2 is 1.92 bits per heavy atom. The zero-order valence-corrected chi connectivity index (χ0v) is 7.18. The molecule has 2 rings (SSSR count). The molecule has 0 bridgehead atoms. The van der Waals surface area contributed by atoms with Crippen molar-refractivity contribution >= 4 is 0 Å². The van der Waals surface area contributed by atoms with Crippen molar-refractivity contribution in [2.75, 3.05) is 0 Å². The summed E-state index contributed by atoms with van der Waals surface area (Å²) in [7, 11) is 0. The summed E-state index contributed by atoms with van der Waals surface area (Å²) in [5.41, 5.74) is 0.896. The van der Waals surface area contributed by atoms with Crippen LogP contribution in [0.25, 0.3) is 5.69 Å². The largest absolute Gasteiger partial charge is 0.508 e. The van der Waals surface area contributed by atoms with Crippen molar-refractivity contribution in [3.05, 3.63) is 36.4 Å². The van der Waals surface area contributed by atoms with Crippen LogP contribution >= 0.6 is 0 Å². The lowest BCUT2D eigenvalue weighted by atomic mass is 10.3. The van der Waals surface area contributed by atoms with Crippen LogP contribution in [0.4, 0.5) is 0 Å². The minimum absolute atomic E-state index is 0.251. The molecule has 0 aliphatic heterocycles. The van der Waals surface area contributed by atoms with Gasteiger partial charge in [0, 0.05) is 0 Å². The van der Waals surface area contributed by atoms with Gasteiger partial charge in [-0.2, -0.15) is 5.10 Å². The predicted octanol–water partition coefficient (Wildman–Crippen LogP) is 1.28. The molecule has 4 nitrogen and oxygen atoms in total. The number of phenolic OH excluding ortho intramolecular Hbond substituents is 1. The van der Waals surface area contributed by atoms with E-state index in [2.05, 4.69) is 10.1 Å². The Hall–Kier alpha value is -1.84. The van der Waals surface area contributed by atoms with Crippen LogP contribution in [0.3, 0.4) is 0 Å². The third-order valence-corrected chi connectivity index (χ3v) is 1.81. The van der Waals surface area contributed by atoms with E-state index in [4.69, 9.17) is 5.11 Å². The van der Waals surface area contributed by atoms with E-state index in [1.807, 2.05) is 6.92 Å². The normalized spacial score (nSPS) is 10.2. The van der Waals surface area contributed by atoms with Gasteiger partial charge in [0.2, 0.25) is 0 Å². The van der Waals surface area contributed by atoms with E-state index >= 15 is 0 Å². The lowest BCUT2D eigenvalue weighted by Crippen LogP contribution is -1.98. The molecule has 0 saturated carbocycles. The number of aromatic hydroxyl groups is 1. The number of benzene rings is 1. The fraction of sp³-hybridized carbons (Fsp3) is 0.111. The number of phenols is 1. The molecule has 13 heavy (non-hydrogen) atoms. The first kappa shape index (κ1) is 7.79. The number of aryl methyl sites for hydroxylation is 1. The second kappa shape index (κ2) is 2.90. The summed E-state index contributed by atoms with van der Waals surface area (Å²) in [6.07, 6.45) is 1.50. The predicted molar refractivity (Wildman–Crippen MR) is 47.8 cm³/mol. The maximum absolute atomic E-state index is 9.08. The average Bonchev–Trinajstić information content (AvgIpc) is 2.53. The zero-order valence-electron chi connectivity index (χ0n) is 7.18. The lowest BCUT2D eigenvalue weighted by Gasteiger charge is -2.01. The summed E-state index contributed by atoms with van der Waals surface area (Å²) in [5, 5.41) is 13.1. The molecule has 1 N–H and O–H groups in total. The van der Waals surface area contributed by atoms with Gasteiger partial charge in [-0.05, 0) is 31.2 Å². The summed E-state index contributed by atoms with van der Waals surface area (Å²) in [5.74, 6) is 1.08. The second-order valence-corrected chi connectivity index (χ2v) is 2.74. The highest BCUT2D eigenvalue weighted by atomic mass is 16.3. The summed E-state index contributed by atoms with van der Waals surface area (Å²) < 4.78 is 1.71. The Morgan fingerprint density at radius 1 is 1.23 bits per heavy atom. The van der Waals surface area contributed by atoms with E-state index in [0.717, 1.165) is 11.5 Å². The summed E-state index contributed by atoms with van der Waals surface area (Å²) >= 11 is 0. The van der Waals surface area contributed by atoms with Crippen LogP contribution < -0.4 is 0 Å². The minimum Gasteiger partial charge on any atom is -0.508 e. The number of nitrogens with zero attached hydrogens (tertiary/aromatic N) is 3. The molecule has 1 aromatic carbocycles. The molecule has 0 radical (unpaired) electrons. The van der Waals surface area contributed by atoms with Gasteiger partial charge in [0.25, 0.3) is 0 Å². The van der Waals surface area contributed by atoms with Gasteiger partial charge in [0.15, 0.2) is 0 Å². The van der Waals surface area contributed by atoms with Crippen molar-refractivity contribution < 1.29 is 5.11 Å². The topological polar surface area (TPSA) is 50.9 Å². The molecule has 1 heterocycles. The summed E-state index contributed by atoms with van der Waals surface area (Å²) in [6, 6.07) is 6.82. The fourth-order valence-electron chi connectivity index (χ4n) is 1.15. The number of hydrogen-bond acceptors (Lipinski definition) is 3. The van der Waals surface area contributed by atoms with Crippen LogP contribution in [0, 0.1) is 6.92 Å². The summed E-state index contributed by atoms with van der Waals surface area (Å²) in [4.78, 5) is 4.00. The van der Waals surface area contributed by atoms with Gasteiger partial charge in [-0.15, -0.1) is 0 Å². The first-order valence-corrected chi connectivity index (χ1v) is 3.93. The van der Waals surface area contributed by atoms with Gasteiger partial charge < -0.3 is 5.11 Å². The van der Waals surface area contributed by atoms with Crippen LogP contribution in [0.15, 0.2) is 30.6 Å².